The van der Waals surface area contributed by atoms with Crippen molar-refractivity contribution in [2.45, 2.75) is 23.3 Å². The monoisotopic (exact) mass is 422 g/mol. The quantitative estimate of drug-likeness (QED) is 0.361. The number of hydrogen-bond donors (Lipinski definition) is 0. The largest absolute Gasteiger partial charge is 0.489 e. The van der Waals surface area contributed by atoms with E-state index in [1.54, 1.807) is 24.8 Å². The molecule has 0 spiro atoms. The molecule has 4 aromatic rings. The first-order valence-electron chi connectivity index (χ1n) is 9.08. The normalized spacial score (nSPS) is 10.8. The van der Waals surface area contributed by atoms with Gasteiger partial charge in [-0.1, -0.05) is 17.8 Å². The molecule has 0 unspecified atom stereocenters. The van der Waals surface area contributed by atoms with Crippen molar-refractivity contribution in [3.05, 3.63) is 77.7 Å². The SMILES string of the molecule is CCOC(=O)c1sc2cc(OCc3cccnc3)ccc2c1Sc1cccnc1. The molecule has 146 valence electrons. The number of thiophene rings is 1. The van der Waals surface area contributed by atoms with Crippen molar-refractivity contribution in [2.24, 2.45) is 0 Å². The molecule has 0 bridgehead atoms. The van der Waals surface area contributed by atoms with Crippen LogP contribution in [0.25, 0.3) is 10.1 Å². The standard InChI is InChI=1S/C22H18N2O3S2/c1-2-26-22(25)21-20(28-17-6-4-10-24-13-17)18-8-7-16(11-19(18)29-21)27-14-15-5-3-9-23-12-15/h3-13H,2,14H2,1H3. The van der Waals surface area contributed by atoms with E-state index < -0.39 is 0 Å². The van der Waals surface area contributed by atoms with E-state index in [0.717, 1.165) is 31.2 Å². The number of rotatable bonds is 7. The maximum atomic E-state index is 12.5. The Morgan fingerprint density at radius 2 is 1.93 bits per heavy atom. The third-order valence-corrected chi connectivity index (χ3v) is 6.43. The number of hydrogen-bond acceptors (Lipinski definition) is 7. The lowest BCUT2D eigenvalue weighted by Crippen LogP contribution is -2.03. The van der Waals surface area contributed by atoms with E-state index in [2.05, 4.69) is 9.97 Å². The summed E-state index contributed by atoms with van der Waals surface area (Å²) in [6.45, 7) is 2.58. The van der Waals surface area contributed by atoms with Crippen LogP contribution in [0.15, 0.2) is 77.0 Å². The molecule has 0 fully saturated rings. The molecule has 1 aromatic carbocycles. The zero-order chi connectivity index (χ0) is 20.1. The Hall–Kier alpha value is -2.90. The number of benzene rings is 1. The molecule has 3 heterocycles. The number of ether oxygens (including phenoxy) is 2. The van der Waals surface area contributed by atoms with Gasteiger partial charge in [0.2, 0.25) is 0 Å². The van der Waals surface area contributed by atoms with E-state index in [9.17, 15) is 4.79 Å². The van der Waals surface area contributed by atoms with Crippen molar-refractivity contribution < 1.29 is 14.3 Å². The molecule has 0 aliphatic rings. The molecule has 29 heavy (non-hydrogen) atoms. The molecule has 0 N–H and O–H groups in total. The fourth-order valence-electron chi connectivity index (χ4n) is 2.75. The molecule has 0 saturated heterocycles. The van der Waals surface area contributed by atoms with Crippen LogP contribution in [-0.2, 0) is 11.3 Å². The number of pyridine rings is 2. The zero-order valence-corrected chi connectivity index (χ0v) is 17.3. The third kappa shape index (κ3) is 4.58. The zero-order valence-electron chi connectivity index (χ0n) is 15.7. The molecule has 4 rings (SSSR count). The number of carbonyl (C=O) groups excluding carboxylic acids is 1. The molecule has 0 saturated carbocycles. The summed E-state index contributed by atoms with van der Waals surface area (Å²) in [5.41, 5.74) is 0.999. The van der Waals surface area contributed by atoms with Crippen LogP contribution >= 0.6 is 23.1 Å². The van der Waals surface area contributed by atoms with Crippen LogP contribution in [-0.4, -0.2) is 22.5 Å². The number of fused-ring (bicyclic) bond motifs is 1. The minimum Gasteiger partial charge on any atom is -0.489 e. The summed E-state index contributed by atoms with van der Waals surface area (Å²) < 4.78 is 12.2. The number of aromatic nitrogens is 2. The van der Waals surface area contributed by atoms with Gasteiger partial charge < -0.3 is 9.47 Å². The number of carbonyl (C=O) groups is 1. The van der Waals surface area contributed by atoms with Crippen molar-refractivity contribution in [2.75, 3.05) is 6.61 Å². The van der Waals surface area contributed by atoms with Crippen molar-refractivity contribution in [1.82, 2.24) is 9.97 Å². The molecule has 0 amide bonds. The Morgan fingerprint density at radius 3 is 2.66 bits per heavy atom. The Morgan fingerprint density at radius 1 is 1.10 bits per heavy atom. The molecular formula is C22H18N2O3S2. The fourth-order valence-corrected chi connectivity index (χ4v) is 5.05. The Bertz CT molecular complexity index is 1120. The molecular weight excluding hydrogens is 404 g/mol. The Labute approximate surface area is 176 Å². The van der Waals surface area contributed by atoms with Gasteiger partial charge >= 0.3 is 5.97 Å². The lowest BCUT2D eigenvalue weighted by atomic mass is 10.2. The summed E-state index contributed by atoms with van der Waals surface area (Å²) in [4.78, 5) is 23.3. The average Bonchev–Trinajstić information content (AvgIpc) is 3.12. The molecule has 3 aromatic heterocycles. The average molecular weight is 423 g/mol. The minimum atomic E-state index is -0.307. The highest BCUT2D eigenvalue weighted by atomic mass is 32.2. The van der Waals surface area contributed by atoms with Crippen LogP contribution in [0, 0.1) is 0 Å². The van der Waals surface area contributed by atoms with Crippen molar-refractivity contribution in [3.63, 3.8) is 0 Å². The Balaban J connectivity index is 1.66. The molecule has 0 aliphatic carbocycles. The van der Waals surface area contributed by atoms with Gasteiger partial charge in [0.25, 0.3) is 0 Å². The fraction of sp³-hybridized carbons (Fsp3) is 0.136. The highest BCUT2D eigenvalue weighted by Gasteiger charge is 2.21. The van der Waals surface area contributed by atoms with Crippen molar-refractivity contribution >= 4 is 39.2 Å². The number of nitrogens with zero attached hydrogens (tertiary/aromatic N) is 2. The first-order valence-corrected chi connectivity index (χ1v) is 10.7. The first-order chi connectivity index (χ1) is 14.2. The van der Waals surface area contributed by atoms with Gasteiger partial charge in [-0.3, -0.25) is 9.97 Å². The molecule has 0 radical (unpaired) electrons. The molecule has 5 nitrogen and oxygen atoms in total. The summed E-state index contributed by atoms with van der Waals surface area (Å²) in [5, 5.41) is 1.00. The second-order valence-electron chi connectivity index (χ2n) is 6.08. The third-order valence-electron chi connectivity index (χ3n) is 4.06. The smallest absolute Gasteiger partial charge is 0.349 e. The van der Waals surface area contributed by atoms with Crippen molar-refractivity contribution in [1.29, 1.82) is 0 Å². The van der Waals surface area contributed by atoms with Gasteiger partial charge in [0.15, 0.2) is 0 Å². The molecule has 0 atom stereocenters. The predicted molar refractivity (Wildman–Crippen MR) is 115 cm³/mol. The van der Waals surface area contributed by atoms with Crippen molar-refractivity contribution in [3.8, 4) is 5.75 Å². The van der Waals surface area contributed by atoms with Crippen LogP contribution in [0.5, 0.6) is 5.75 Å². The maximum absolute atomic E-state index is 12.5. The number of esters is 1. The van der Waals surface area contributed by atoms with Gasteiger partial charge in [0.05, 0.1) is 6.61 Å². The van der Waals surface area contributed by atoms with Crippen LogP contribution < -0.4 is 4.74 Å². The van der Waals surface area contributed by atoms with Gasteiger partial charge in [0.1, 0.15) is 17.2 Å². The Kier molecular flexibility index (Phi) is 6.07. The van der Waals surface area contributed by atoms with Gasteiger partial charge in [-0.15, -0.1) is 11.3 Å². The van der Waals surface area contributed by atoms with Crippen LogP contribution in [0.4, 0.5) is 0 Å². The van der Waals surface area contributed by atoms with Gasteiger partial charge in [-0.25, -0.2) is 4.79 Å². The lowest BCUT2D eigenvalue weighted by Gasteiger charge is -2.07. The van der Waals surface area contributed by atoms with Crippen LogP contribution in [0.1, 0.15) is 22.2 Å². The summed E-state index contributed by atoms with van der Waals surface area (Å²) in [7, 11) is 0. The second kappa shape index (κ2) is 9.07. The van der Waals surface area contributed by atoms with E-state index in [4.69, 9.17) is 9.47 Å². The maximum Gasteiger partial charge on any atom is 0.349 e. The van der Waals surface area contributed by atoms with Crippen LogP contribution in [0.2, 0.25) is 0 Å². The van der Waals surface area contributed by atoms with E-state index in [-0.39, 0.29) is 5.97 Å². The highest BCUT2D eigenvalue weighted by Crippen LogP contribution is 2.43. The second-order valence-corrected chi connectivity index (χ2v) is 8.22. The topological polar surface area (TPSA) is 61.3 Å². The lowest BCUT2D eigenvalue weighted by molar-refractivity contribution is 0.0528. The van der Waals surface area contributed by atoms with Gasteiger partial charge in [-0.05, 0) is 43.3 Å². The van der Waals surface area contributed by atoms with E-state index in [1.807, 2.05) is 49.4 Å². The molecule has 7 heteroatoms. The summed E-state index contributed by atoms with van der Waals surface area (Å²) in [5.74, 6) is 0.439. The summed E-state index contributed by atoms with van der Waals surface area (Å²) >= 11 is 2.94. The predicted octanol–water partition coefficient (Wildman–Crippen LogP) is 5.60. The van der Waals surface area contributed by atoms with E-state index >= 15 is 0 Å². The minimum absolute atomic E-state index is 0.307. The summed E-state index contributed by atoms with van der Waals surface area (Å²) in [6, 6.07) is 13.6. The first kappa shape index (κ1) is 19.4. The van der Waals surface area contributed by atoms with Gasteiger partial charge in [0, 0.05) is 50.2 Å². The van der Waals surface area contributed by atoms with E-state index in [1.165, 1.54) is 23.1 Å². The van der Waals surface area contributed by atoms with Crippen LogP contribution in [0.3, 0.4) is 0 Å². The molecule has 0 aliphatic heterocycles. The highest BCUT2D eigenvalue weighted by molar-refractivity contribution is 7.99. The van der Waals surface area contributed by atoms with Gasteiger partial charge in [-0.2, -0.15) is 0 Å². The summed E-state index contributed by atoms with van der Waals surface area (Å²) in [6.07, 6.45) is 7.03. The van der Waals surface area contributed by atoms with E-state index in [0.29, 0.717) is 18.1 Å².